The maximum absolute atomic E-state index is 11.9. The average molecular weight is 354 g/mol. The van der Waals surface area contributed by atoms with Gasteiger partial charge in [0.2, 0.25) is 10.0 Å². The third-order valence-electron chi connectivity index (χ3n) is 2.96. The molecule has 0 saturated carbocycles. The minimum absolute atomic E-state index is 0.234. The van der Waals surface area contributed by atoms with Crippen molar-refractivity contribution in [3.8, 4) is 5.75 Å². The van der Waals surface area contributed by atoms with Gasteiger partial charge in [-0.15, -0.1) is 0 Å². The second kappa shape index (κ2) is 7.59. The molecule has 0 fully saturated rings. The Balaban J connectivity index is 1.87. The molecule has 0 atom stereocenters. The normalized spacial score (nSPS) is 11.2. The van der Waals surface area contributed by atoms with Gasteiger partial charge in [-0.25, -0.2) is 13.1 Å². The highest BCUT2D eigenvalue weighted by Gasteiger charge is 2.14. The van der Waals surface area contributed by atoms with Gasteiger partial charge in [-0.1, -0.05) is 41.4 Å². The SMILES string of the molecule is Cc1ccc(OC(=O)CNS(=O)(=O)Cc2ccc(Cl)cc2)cc1. The highest BCUT2D eigenvalue weighted by atomic mass is 35.5. The zero-order valence-corrected chi connectivity index (χ0v) is 14.0. The zero-order valence-electron chi connectivity index (χ0n) is 12.5. The first kappa shape index (κ1) is 17.5. The predicted octanol–water partition coefficient (Wildman–Crippen LogP) is 2.67. The van der Waals surface area contributed by atoms with Crippen LogP contribution in [0.4, 0.5) is 0 Å². The topological polar surface area (TPSA) is 72.5 Å². The molecule has 122 valence electrons. The van der Waals surface area contributed by atoms with Crippen LogP contribution in [-0.2, 0) is 20.6 Å². The molecule has 0 saturated heterocycles. The van der Waals surface area contributed by atoms with Crippen molar-refractivity contribution < 1.29 is 17.9 Å². The number of benzene rings is 2. The molecule has 0 radical (unpaired) electrons. The van der Waals surface area contributed by atoms with Crippen LogP contribution in [0.5, 0.6) is 5.75 Å². The molecule has 0 aliphatic heterocycles. The highest BCUT2D eigenvalue weighted by Crippen LogP contribution is 2.12. The predicted molar refractivity (Wildman–Crippen MR) is 88.9 cm³/mol. The van der Waals surface area contributed by atoms with E-state index in [0.29, 0.717) is 16.3 Å². The minimum Gasteiger partial charge on any atom is -0.426 e. The number of aryl methyl sites for hydroxylation is 1. The molecule has 0 aliphatic carbocycles. The number of hydrogen-bond acceptors (Lipinski definition) is 4. The lowest BCUT2D eigenvalue weighted by molar-refractivity contribution is -0.133. The molecule has 0 unspecified atom stereocenters. The Morgan fingerprint density at radius 1 is 1.09 bits per heavy atom. The van der Waals surface area contributed by atoms with Crippen LogP contribution in [0.15, 0.2) is 48.5 Å². The summed E-state index contributed by atoms with van der Waals surface area (Å²) in [6.45, 7) is 1.49. The van der Waals surface area contributed by atoms with E-state index in [-0.39, 0.29) is 5.75 Å². The van der Waals surface area contributed by atoms with Crippen molar-refractivity contribution >= 4 is 27.6 Å². The average Bonchev–Trinajstić information content (AvgIpc) is 2.50. The Kier molecular flexibility index (Phi) is 5.76. The monoisotopic (exact) mass is 353 g/mol. The fourth-order valence-corrected chi connectivity index (χ4v) is 2.99. The summed E-state index contributed by atoms with van der Waals surface area (Å²) in [5.74, 6) is -0.534. The van der Waals surface area contributed by atoms with Crippen LogP contribution in [0.1, 0.15) is 11.1 Å². The van der Waals surface area contributed by atoms with E-state index in [1.807, 2.05) is 6.92 Å². The molecule has 0 spiro atoms. The maximum Gasteiger partial charge on any atom is 0.326 e. The van der Waals surface area contributed by atoms with Crippen molar-refractivity contribution in [2.24, 2.45) is 0 Å². The van der Waals surface area contributed by atoms with Crippen LogP contribution < -0.4 is 9.46 Å². The smallest absolute Gasteiger partial charge is 0.326 e. The molecule has 2 aromatic rings. The Hall–Kier alpha value is -1.89. The van der Waals surface area contributed by atoms with E-state index in [0.717, 1.165) is 5.56 Å². The number of nitrogens with one attached hydrogen (secondary N) is 1. The van der Waals surface area contributed by atoms with Crippen LogP contribution in [0.3, 0.4) is 0 Å². The second-order valence-electron chi connectivity index (χ2n) is 4.99. The molecule has 1 N–H and O–H groups in total. The van der Waals surface area contributed by atoms with Crippen molar-refractivity contribution in [3.05, 3.63) is 64.7 Å². The van der Waals surface area contributed by atoms with Gasteiger partial charge in [-0.2, -0.15) is 0 Å². The number of esters is 1. The van der Waals surface area contributed by atoms with E-state index in [1.54, 1.807) is 48.5 Å². The van der Waals surface area contributed by atoms with E-state index in [2.05, 4.69) is 4.72 Å². The van der Waals surface area contributed by atoms with Crippen molar-refractivity contribution in [2.45, 2.75) is 12.7 Å². The molecule has 7 heteroatoms. The third kappa shape index (κ3) is 6.02. The van der Waals surface area contributed by atoms with Gasteiger partial charge in [-0.3, -0.25) is 4.79 Å². The van der Waals surface area contributed by atoms with Crippen LogP contribution in [-0.4, -0.2) is 20.9 Å². The number of hydrogen-bond donors (Lipinski definition) is 1. The van der Waals surface area contributed by atoms with E-state index in [9.17, 15) is 13.2 Å². The van der Waals surface area contributed by atoms with Crippen LogP contribution in [0.2, 0.25) is 5.02 Å². The lowest BCUT2D eigenvalue weighted by Crippen LogP contribution is -2.32. The molecular weight excluding hydrogens is 338 g/mol. The Morgan fingerprint density at radius 3 is 2.30 bits per heavy atom. The summed E-state index contributed by atoms with van der Waals surface area (Å²) in [7, 11) is -3.64. The molecule has 0 aliphatic rings. The van der Waals surface area contributed by atoms with Crippen molar-refractivity contribution in [2.75, 3.05) is 6.54 Å². The largest absolute Gasteiger partial charge is 0.426 e. The quantitative estimate of drug-likeness (QED) is 0.640. The molecule has 23 heavy (non-hydrogen) atoms. The fourth-order valence-electron chi connectivity index (χ4n) is 1.79. The Labute approximate surface area is 140 Å². The maximum atomic E-state index is 11.9. The van der Waals surface area contributed by atoms with Crippen LogP contribution in [0.25, 0.3) is 0 Å². The summed E-state index contributed by atoms with van der Waals surface area (Å²) in [4.78, 5) is 11.7. The summed E-state index contributed by atoms with van der Waals surface area (Å²) in [5.41, 5.74) is 1.61. The lowest BCUT2D eigenvalue weighted by Gasteiger charge is -2.07. The molecule has 0 heterocycles. The summed E-state index contributed by atoms with van der Waals surface area (Å²) in [6.07, 6.45) is 0. The summed E-state index contributed by atoms with van der Waals surface area (Å²) >= 11 is 5.75. The van der Waals surface area contributed by atoms with Gasteiger partial charge in [0.15, 0.2) is 0 Å². The Morgan fingerprint density at radius 2 is 1.70 bits per heavy atom. The number of sulfonamides is 1. The highest BCUT2D eigenvalue weighted by molar-refractivity contribution is 7.88. The van der Waals surface area contributed by atoms with Crippen molar-refractivity contribution in [1.82, 2.24) is 4.72 Å². The molecule has 0 aromatic heterocycles. The molecule has 2 aromatic carbocycles. The summed E-state index contributed by atoms with van der Waals surface area (Å²) in [6, 6.07) is 13.3. The van der Waals surface area contributed by atoms with Gasteiger partial charge in [0.25, 0.3) is 0 Å². The molecule has 5 nitrogen and oxygen atoms in total. The zero-order chi connectivity index (χ0) is 16.9. The van der Waals surface area contributed by atoms with E-state index >= 15 is 0 Å². The fraction of sp³-hybridized carbons (Fsp3) is 0.188. The molecular formula is C16H16ClNO4S. The second-order valence-corrected chi connectivity index (χ2v) is 7.24. The van der Waals surface area contributed by atoms with Gasteiger partial charge in [0.1, 0.15) is 12.3 Å². The third-order valence-corrected chi connectivity index (χ3v) is 4.51. The van der Waals surface area contributed by atoms with Crippen LogP contribution >= 0.6 is 11.6 Å². The first-order chi connectivity index (χ1) is 10.8. The first-order valence-electron chi connectivity index (χ1n) is 6.83. The van der Waals surface area contributed by atoms with Gasteiger partial charge < -0.3 is 4.74 Å². The first-order valence-corrected chi connectivity index (χ1v) is 8.86. The number of halogens is 1. The van der Waals surface area contributed by atoms with Crippen molar-refractivity contribution in [3.63, 3.8) is 0 Å². The number of ether oxygens (including phenoxy) is 1. The minimum atomic E-state index is -3.64. The summed E-state index contributed by atoms with van der Waals surface area (Å²) in [5, 5.41) is 0.529. The molecule has 0 bridgehead atoms. The number of carbonyl (C=O) groups is 1. The number of rotatable bonds is 6. The van der Waals surface area contributed by atoms with Gasteiger partial charge in [0, 0.05) is 5.02 Å². The number of carbonyl (C=O) groups excluding carboxylic acids is 1. The van der Waals surface area contributed by atoms with Crippen LogP contribution in [0, 0.1) is 6.92 Å². The van der Waals surface area contributed by atoms with E-state index in [4.69, 9.17) is 16.3 Å². The van der Waals surface area contributed by atoms with Gasteiger partial charge in [-0.05, 0) is 36.8 Å². The van der Waals surface area contributed by atoms with E-state index < -0.39 is 22.5 Å². The lowest BCUT2D eigenvalue weighted by atomic mass is 10.2. The summed E-state index contributed by atoms with van der Waals surface area (Å²) < 4.78 is 31.1. The standard InChI is InChI=1S/C16H16ClNO4S/c1-12-2-8-15(9-3-12)22-16(19)10-18-23(20,21)11-13-4-6-14(17)7-5-13/h2-9,18H,10-11H2,1H3. The van der Waals surface area contributed by atoms with Gasteiger partial charge >= 0.3 is 5.97 Å². The molecule has 0 amide bonds. The van der Waals surface area contributed by atoms with Gasteiger partial charge in [0.05, 0.1) is 5.75 Å². The Bertz CT molecular complexity index is 771. The van der Waals surface area contributed by atoms with Crippen molar-refractivity contribution in [1.29, 1.82) is 0 Å². The molecule has 2 rings (SSSR count). The van der Waals surface area contributed by atoms with E-state index in [1.165, 1.54) is 0 Å².